The van der Waals surface area contributed by atoms with Gasteiger partial charge in [0, 0.05) is 30.9 Å². The van der Waals surface area contributed by atoms with Crippen LogP contribution in [0, 0.1) is 5.82 Å². The van der Waals surface area contributed by atoms with Gasteiger partial charge in [0.25, 0.3) is 0 Å². The molecule has 6 nitrogen and oxygen atoms in total. The van der Waals surface area contributed by atoms with Crippen molar-refractivity contribution >= 4 is 5.91 Å². The lowest BCUT2D eigenvalue weighted by Gasteiger charge is -2.12. The third-order valence-corrected chi connectivity index (χ3v) is 4.53. The number of hydrogen-bond donors (Lipinski definition) is 2. The van der Waals surface area contributed by atoms with Gasteiger partial charge >= 0.3 is 0 Å². The predicted molar refractivity (Wildman–Crippen MR) is 88.2 cm³/mol. The van der Waals surface area contributed by atoms with E-state index < -0.39 is 11.9 Å². The first-order chi connectivity index (χ1) is 12.1. The van der Waals surface area contributed by atoms with Crippen LogP contribution in [0.3, 0.4) is 0 Å². The van der Waals surface area contributed by atoms with Gasteiger partial charge in [0.2, 0.25) is 11.8 Å². The largest absolute Gasteiger partial charge is 0.386 e. The number of aliphatic hydroxyl groups excluding tert-OH is 1. The summed E-state index contributed by atoms with van der Waals surface area (Å²) in [6.07, 6.45) is 4.02. The maximum Gasteiger partial charge on any atom is 0.227 e. The lowest BCUT2D eigenvalue weighted by atomic mass is 10.1. The van der Waals surface area contributed by atoms with E-state index >= 15 is 0 Å². The van der Waals surface area contributed by atoms with Gasteiger partial charge in [-0.3, -0.25) is 4.79 Å². The third-order valence-electron chi connectivity index (χ3n) is 4.53. The Kier molecular flexibility index (Phi) is 5.75. The molecule has 1 aromatic carbocycles. The molecular weight excluding hydrogens is 325 g/mol. The van der Waals surface area contributed by atoms with Crippen molar-refractivity contribution in [1.82, 2.24) is 15.5 Å². The number of carbonyl (C=O) groups is 1. The number of hydrogen-bond acceptors (Lipinski definition) is 5. The van der Waals surface area contributed by atoms with Gasteiger partial charge < -0.3 is 14.9 Å². The van der Waals surface area contributed by atoms with Crippen LogP contribution in [-0.2, 0) is 11.2 Å². The average molecular weight is 347 g/mol. The average Bonchev–Trinajstić information content (AvgIpc) is 3.29. The Labute approximate surface area is 145 Å². The van der Waals surface area contributed by atoms with Crippen molar-refractivity contribution in [3.63, 3.8) is 0 Å². The fraction of sp³-hybridized carbons (Fsp3) is 0.500. The lowest BCUT2D eigenvalue weighted by molar-refractivity contribution is -0.121. The number of amides is 1. The summed E-state index contributed by atoms with van der Waals surface area (Å²) in [5.41, 5.74) is 0.168. The molecule has 1 aliphatic rings. The molecule has 1 amide bonds. The molecule has 1 heterocycles. The van der Waals surface area contributed by atoms with E-state index in [-0.39, 0.29) is 24.4 Å². The zero-order valence-corrected chi connectivity index (χ0v) is 13.9. The molecule has 2 aromatic rings. The standard InChI is InChI=1S/C18H22FN3O3/c19-14-8-4-3-7-13(14)15(23)11-20-16(24)9-10-17-21-18(22-25-17)12-5-1-2-6-12/h3-4,7-8,12,15,23H,1-2,5-6,9-11H2,(H,20,24). The second kappa shape index (κ2) is 8.20. The quantitative estimate of drug-likeness (QED) is 0.804. The minimum Gasteiger partial charge on any atom is -0.386 e. The Morgan fingerprint density at radius 2 is 2.12 bits per heavy atom. The molecule has 1 aliphatic carbocycles. The van der Waals surface area contributed by atoms with Crippen LogP contribution in [-0.4, -0.2) is 27.7 Å². The zero-order valence-electron chi connectivity index (χ0n) is 13.9. The maximum atomic E-state index is 13.6. The number of benzene rings is 1. The number of carbonyl (C=O) groups excluding carboxylic acids is 1. The number of aromatic nitrogens is 2. The number of aliphatic hydroxyl groups is 1. The lowest BCUT2D eigenvalue weighted by Crippen LogP contribution is -2.28. The molecule has 0 spiro atoms. The molecule has 0 radical (unpaired) electrons. The maximum absolute atomic E-state index is 13.6. The van der Waals surface area contributed by atoms with Crippen molar-refractivity contribution in [3.8, 4) is 0 Å². The third kappa shape index (κ3) is 4.63. The van der Waals surface area contributed by atoms with Gasteiger partial charge in [-0.2, -0.15) is 4.98 Å². The highest BCUT2D eigenvalue weighted by molar-refractivity contribution is 5.76. The number of aryl methyl sites for hydroxylation is 1. The highest BCUT2D eigenvalue weighted by Crippen LogP contribution is 2.32. The fourth-order valence-corrected chi connectivity index (χ4v) is 3.09. The van der Waals surface area contributed by atoms with Gasteiger partial charge in [0.05, 0.1) is 6.10 Å². The Morgan fingerprint density at radius 1 is 1.36 bits per heavy atom. The van der Waals surface area contributed by atoms with E-state index in [9.17, 15) is 14.3 Å². The van der Waals surface area contributed by atoms with Gasteiger partial charge in [-0.05, 0) is 18.9 Å². The SMILES string of the molecule is O=C(CCc1nc(C2CCCC2)no1)NCC(O)c1ccccc1F. The molecule has 0 aliphatic heterocycles. The Bertz CT molecular complexity index is 713. The normalized spacial score (nSPS) is 16.1. The monoisotopic (exact) mass is 347 g/mol. The van der Waals surface area contributed by atoms with E-state index in [2.05, 4.69) is 15.5 Å². The molecule has 3 rings (SSSR count). The summed E-state index contributed by atoms with van der Waals surface area (Å²) in [5, 5.41) is 16.6. The number of nitrogens with one attached hydrogen (secondary N) is 1. The summed E-state index contributed by atoms with van der Waals surface area (Å²) in [7, 11) is 0. The minimum absolute atomic E-state index is 0.0447. The summed E-state index contributed by atoms with van der Waals surface area (Å²) in [6.45, 7) is -0.0447. The summed E-state index contributed by atoms with van der Waals surface area (Å²) in [4.78, 5) is 16.3. The molecule has 1 unspecified atom stereocenters. The van der Waals surface area contributed by atoms with Crippen LogP contribution in [0.25, 0.3) is 0 Å². The van der Waals surface area contributed by atoms with Crippen molar-refractivity contribution in [3.05, 3.63) is 47.4 Å². The topological polar surface area (TPSA) is 88.2 Å². The van der Waals surface area contributed by atoms with E-state index in [1.54, 1.807) is 12.1 Å². The second-order valence-corrected chi connectivity index (χ2v) is 6.37. The van der Waals surface area contributed by atoms with Crippen LogP contribution >= 0.6 is 0 Å². The highest BCUT2D eigenvalue weighted by Gasteiger charge is 2.22. The van der Waals surface area contributed by atoms with Gasteiger partial charge in [0.15, 0.2) is 5.82 Å². The Morgan fingerprint density at radius 3 is 2.88 bits per heavy atom. The van der Waals surface area contributed by atoms with Crippen LogP contribution in [0.1, 0.15) is 61.4 Å². The first-order valence-electron chi connectivity index (χ1n) is 8.65. The molecule has 0 saturated heterocycles. The molecular formula is C18H22FN3O3. The van der Waals surface area contributed by atoms with Crippen LogP contribution in [0.5, 0.6) is 0 Å². The smallest absolute Gasteiger partial charge is 0.227 e. The van der Waals surface area contributed by atoms with E-state index in [1.165, 1.54) is 25.0 Å². The second-order valence-electron chi connectivity index (χ2n) is 6.37. The highest BCUT2D eigenvalue weighted by atomic mass is 19.1. The van der Waals surface area contributed by atoms with Crippen LogP contribution in [0.4, 0.5) is 4.39 Å². The summed E-state index contributed by atoms with van der Waals surface area (Å²) in [5.74, 6) is 0.822. The number of halogens is 1. The molecule has 2 N–H and O–H groups in total. The first-order valence-corrected chi connectivity index (χ1v) is 8.65. The van der Waals surface area contributed by atoms with Crippen LogP contribution < -0.4 is 5.32 Å². The molecule has 0 bridgehead atoms. The van der Waals surface area contributed by atoms with Crippen LogP contribution in [0.15, 0.2) is 28.8 Å². The molecule has 134 valence electrons. The zero-order chi connectivity index (χ0) is 17.6. The molecule has 25 heavy (non-hydrogen) atoms. The predicted octanol–water partition coefficient (Wildman–Crippen LogP) is 2.65. The van der Waals surface area contributed by atoms with E-state index in [0.29, 0.717) is 18.2 Å². The Balaban J connectivity index is 1.43. The van der Waals surface area contributed by atoms with E-state index in [4.69, 9.17) is 4.52 Å². The minimum atomic E-state index is -1.08. The molecule has 1 atom stereocenters. The van der Waals surface area contributed by atoms with Gasteiger partial charge in [-0.25, -0.2) is 4.39 Å². The molecule has 1 saturated carbocycles. The molecule has 1 fully saturated rings. The van der Waals surface area contributed by atoms with Gasteiger partial charge in [-0.1, -0.05) is 36.2 Å². The van der Waals surface area contributed by atoms with Gasteiger partial charge in [0.1, 0.15) is 5.82 Å². The van der Waals surface area contributed by atoms with E-state index in [1.807, 2.05) is 0 Å². The van der Waals surface area contributed by atoms with Crippen LogP contribution in [0.2, 0.25) is 0 Å². The fourth-order valence-electron chi connectivity index (χ4n) is 3.09. The number of nitrogens with zero attached hydrogens (tertiary/aromatic N) is 2. The van der Waals surface area contributed by atoms with Gasteiger partial charge in [-0.15, -0.1) is 0 Å². The summed E-state index contributed by atoms with van der Waals surface area (Å²) < 4.78 is 18.8. The van der Waals surface area contributed by atoms with Crippen molar-refractivity contribution in [2.75, 3.05) is 6.54 Å². The van der Waals surface area contributed by atoms with Crippen molar-refractivity contribution in [2.45, 2.75) is 50.5 Å². The summed E-state index contributed by atoms with van der Waals surface area (Å²) >= 11 is 0. The molecule has 1 aromatic heterocycles. The first kappa shape index (κ1) is 17.5. The van der Waals surface area contributed by atoms with Crippen molar-refractivity contribution < 1.29 is 18.8 Å². The van der Waals surface area contributed by atoms with Crippen molar-refractivity contribution in [2.24, 2.45) is 0 Å². The summed E-state index contributed by atoms with van der Waals surface area (Å²) in [6, 6.07) is 5.96. The number of rotatable bonds is 7. The molecule has 7 heteroatoms. The van der Waals surface area contributed by atoms with Crippen molar-refractivity contribution in [1.29, 1.82) is 0 Å². The van der Waals surface area contributed by atoms with E-state index in [0.717, 1.165) is 18.7 Å². The Hall–Kier alpha value is -2.28.